The third-order valence-electron chi connectivity index (χ3n) is 4.67. The zero-order valence-corrected chi connectivity index (χ0v) is 16.2. The number of hydrogen-bond donors (Lipinski definition) is 1. The fraction of sp³-hybridized carbons (Fsp3) is 0.600. The van der Waals surface area contributed by atoms with Crippen LogP contribution in [0.4, 0.5) is 10.5 Å². The zero-order valence-electron chi connectivity index (χ0n) is 16.2. The van der Waals surface area contributed by atoms with Crippen molar-refractivity contribution in [1.29, 1.82) is 0 Å². The number of hydrogen-bond acceptors (Lipinski definition) is 3. The number of anilines is 1. The molecule has 2 rings (SSSR count). The van der Waals surface area contributed by atoms with Crippen LogP contribution in [-0.4, -0.2) is 61.6 Å². The minimum Gasteiger partial charge on any atom is -0.376 e. The lowest BCUT2D eigenvalue weighted by atomic mass is 10.1. The summed E-state index contributed by atoms with van der Waals surface area (Å²) in [6, 6.07) is 7.59. The summed E-state index contributed by atoms with van der Waals surface area (Å²) in [5.74, 6) is 0.101. The van der Waals surface area contributed by atoms with Gasteiger partial charge in [0, 0.05) is 45.9 Å². The van der Waals surface area contributed by atoms with Crippen LogP contribution >= 0.6 is 0 Å². The summed E-state index contributed by atoms with van der Waals surface area (Å²) in [6.45, 7) is 4.03. The van der Waals surface area contributed by atoms with Gasteiger partial charge in [0.25, 0.3) is 0 Å². The molecule has 3 amide bonds. The maximum Gasteiger partial charge on any atom is 0.321 e. The molecule has 0 spiro atoms. The average molecular weight is 361 g/mol. The summed E-state index contributed by atoms with van der Waals surface area (Å²) in [5.41, 5.74) is 1.80. The second-order valence-corrected chi connectivity index (χ2v) is 6.95. The first-order valence-corrected chi connectivity index (χ1v) is 9.46. The van der Waals surface area contributed by atoms with Crippen LogP contribution in [0, 0.1) is 0 Å². The molecule has 1 aliphatic heterocycles. The minimum absolute atomic E-state index is 0.101. The topological polar surface area (TPSA) is 61.9 Å². The van der Waals surface area contributed by atoms with Gasteiger partial charge in [0.1, 0.15) is 0 Å². The van der Waals surface area contributed by atoms with Crippen molar-refractivity contribution in [3.05, 3.63) is 29.8 Å². The number of aryl methyl sites for hydroxylation is 1. The molecule has 0 aromatic heterocycles. The van der Waals surface area contributed by atoms with Gasteiger partial charge in [0.15, 0.2) is 0 Å². The molecular weight excluding hydrogens is 330 g/mol. The van der Waals surface area contributed by atoms with Gasteiger partial charge < -0.3 is 19.9 Å². The van der Waals surface area contributed by atoms with Crippen molar-refractivity contribution < 1.29 is 14.3 Å². The van der Waals surface area contributed by atoms with Gasteiger partial charge in [-0.3, -0.25) is 4.79 Å². The van der Waals surface area contributed by atoms with Crippen LogP contribution in [-0.2, 0) is 16.0 Å². The molecule has 6 heteroatoms. The van der Waals surface area contributed by atoms with Gasteiger partial charge in [-0.2, -0.15) is 0 Å². The second kappa shape index (κ2) is 10.2. The van der Waals surface area contributed by atoms with E-state index in [2.05, 4.69) is 5.32 Å². The molecule has 1 aliphatic rings. The highest BCUT2D eigenvalue weighted by atomic mass is 16.5. The van der Waals surface area contributed by atoms with Gasteiger partial charge >= 0.3 is 6.03 Å². The van der Waals surface area contributed by atoms with Gasteiger partial charge in [-0.25, -0.2) is 4.79 Å². The first kappa shape index (κ1) is 20.2. The van der Waals surface area contributed by atoms with Crippen LogP contribution < -0.4 is 5.32 Å². The zero-order chi connectivity index (χ0) is 18.9. The standard InChI is InChI=1S/C20H31N3O3/c1-4-23(15-18-10-5-6-13-26-18)20(25)21-17-9-7-8-16(14-17)11-12-19(24)22(2)3/h7-9,14,18H,4-6,10-13,15H2,1-3H3,(H,21,25)/t18-/m1/s1. The number of nitrogens with one attached hydrogen (secondary N) is 1. The van der Waals surface area contributed by atoms with E-state index in [1.54, 1.807) is 23.9 Å². The van der Waals surface area contributed by atoms with Crippen LogP contribution in [0.5, 0.6) is 0 Å². The SMILES string of the molecule is CCN(C[C@H]1CCCCO1)C(=O)Nc1cccc(CCC(=O)N(C)C)c1. The van der Waals surface area contributed by atoms with Gasteiger partial charge in [-0.1, -0.05) is 12.1 Å². The van der Waals surface area contributed by atoms with Crippen LogP contribution in [0.1, 0.15) is 38.2 Å². The van der Waals surface area contributed by atoms with Gasteiger partial charge in [-0.05, 0) is 50.3 Å². The number of likely N-dealkylation sites (N-methyl/N-ethyl adjacent to an activating group) is 1. The molecule has 6 nitrogen and oxygen atoms in total. The lowest BCUT2D eigenvalue weighted by Crippen LogP contribution is -2.41. The largest absolute Gasteiger partial charge is 0.376 e. The highest BCUT2D eigenvalue weighted by Gasteiger charge is 2.20. The lowest BCUT2D eigenvalue weighted by molar-refractivity contribution is -0.128. The fourth-order valence-electron chi connectivity index (χ4n) is 3.03. The van der Waals surface area contributed by atoms with E-state index in [0.717, 1.165) is 37.1 Å². The minimum atomic E-state index is -0.108. The van der Waals surface area contributed by atoms with Crippen molar-refractivity contribution in [3.63, 3.8) is 0 Å². The maximum absolute atomic E-state index is 12.6. The number of amides is 3. The van der Waals surface area contributed by atoms with Crippen LogP contribution in [0.25, 0.3) is 0 Å². The highest BCUT2D eigenvalue weighted by molar-refractivity contribution is 5.89. The number of carbonyl (C=O) groups is 2. The lowest BCUT2D eigenvalue weighted by Gasteiger charge is -2.29. The predicted octanol–water partition coefficient (Wildman–Crippen LogP) is 3.13. The van der Waals surface area contributed by atoms with Crippen molar-refractivity contribution in [2.45, 2.75) is 45.1 Å². The van der Waals surface area contributed by atoms with E-state index in [1.165, 1.54) is 0 Å². The van der Waals surface area contributed by atoms with Gasteiger partial charge in [-0.15, -0.1) is 0 Å². The maximum atomic E-state index is 12.6. The first-order valence-electron chi connectivity index (χ1n) is 9.46. The molecule has 1 heterocycles. The molecule has 1 N–H and O–H groups in total. The van der Waals surface area contributed by atoms with Gasteiger partial charge in [0.05, 0.1) is 6.10 Å². The number of urea groups is 1. The third-order valence-corrected chi connectivity index (χ3v) is 4.67. The molecule has 1 saturated heterocycles. The molecule has 0 saturated carbocycles. The smallest absolute Gasteiger partial charge is 0.321 e. The Labute approximate surface area is 156 Å². The Bertz CT molecular complexity index is 598. The van der Waals surface area contributed by atoms with E-state index in [0.29, 0.717) is 25.9 Å². The summed E-state index contributed by atoms with van der Waals surface area (Å²) in [6.07, 6.45) is 4.55. The van der Waals surface area contributed by atoms with E-state index in [1.807, 2.05) is 31.2 Å². The highest BCUT2D eigenvalue weighted by Crippen LogP contribution is 2.16. The normalized spacial score (nSPS) is 16.8. The number of nitrogens with zero attached hydrogens (tertiary/aromatic N) is 2. The Kier molecular flexibility index (Phi) is 7.91. The van der Waals surface area contributed by atoms with Crippen molar-refractivity contribution in [1.82, 2.24) is 9.80 Å². The molecule has 1 fully saturated rings. The Morgan fingerprint density at radius 2 is 2.08 bits per heavy atom. The van der Waals surface area contributed by atoms with Crippen LogP contribution in [0.3, 0.4) is 0 Å². The van der Waals surface area contributed by atoms with E-state index < -0.39 is 0 Å². The molecule has 1 aromatic carbocycles. The Balaban J connectivity index is 1.90. The summed E-state index contributed by atoms with van der Waals surface area (Å²) < 4.78 is 5.75. The molecule has 26 heavy (non-hydrogen) atoms. The molecule has 1 aromatic rings. The Morgan fingerprint density at radius 3 is 2.73 bits per heavy atom. The molecule has 0 unspecified atom stereocenters. The third kappa shape index (κ3) is 6.33. The number of ether oxygens (including phenoxy) is 1. The molecular formula is C20H31N3O3. The predicted molar refractivity (Wildman–Crippen MR) is 103 cm³/mol. The van der Waals surface area contributed by atoms with Crippen molar-refractivity contribution in [2.24, 2.45) is 0 Å². The van der Waals surface area contributed by atoms with Crippen molar-refractivity contribution in [2.75, 3.05) is 39.1 Å². The molecule has 0 bridgehead atoms. The molecule has 0 aliphatic carbocycles. The molecule has 0 radical (unpaired) electrons. The van der Waals surface area contributed by atoms with Crippen LogP contribution in [0.2, 0.25) is 0 Å². The quantitative estimate of drug-likeness (QED) is 0.812. The monoisotopic (exact) mass is 361 g/mol. The van der Waals surface area contributed by atoms with E-state index in [4.69, 9.17) is 4.74 Å². The number of carbonyl (C=O) groups excluding carboxylic acids is 2. The summed E-state index contributed by atoms with van der Waals surface area (Å²) in [5, 5.41) is 2.97. The van der Waals surface area contributed by atoms with E-state index in [-0.39, 0.29) is 18.0 Å². The van der Waals surface area contributed by atoms with Crippen molar-refractivity contribution >= 4 is 17.6 Å². The first-order chi connectivity index (χ1) is 12.5. The average Bonchev–Trinajstić information content (AvgIpc) is 2.65. The summed E-state index contributed by atoms with van der Waals surface area (Å²) >= 11 is 0. The Morgan fingerprint density at radius 1 is 1.27 bits per heavy atom. The number of rotatable bonds is 7. The summed E-state index contributed by atoms with van der Waals surface area (Å²) in [4.78, 5) is 27.7. The van der Waals surface area contributed by atoms with Crippen LogP contribution in [0.15, 0.2) is 24.3 Å². The van der Waals surface area contributed by atoms with Gasteiger partial charge in [0.2, 0.25) is 5.91 Å². The number of benzene rings is 1. The Hall–Kier alpha value is -2.08. The van der Waals surface area contributed by atoms with E-state index in [9.17, 15) is 9.59 Å². The summed E-state index contributed by atoms with van der Waals surface area (Å²) in [7, 11) is 3.52. The molecule has 144 valence electrons. The van der Waals surface area contributed by atoms with E-state index >= 15 is 0 Å². The fourth-order valence-corrected chi connectivity index (χ4v) is 3.03. The van der Waals surface area contributed by atoms with Crippen molar-refractivity contribution in [3.8, 4) is 0 Å². The molecule has 1 atom stereocenters. The second-order valence-electron chi connectivity index (χ2n) is 6.95.